The maximum Gasteiger partial charge on any atom is 0.272 e. The summed E-state index contributed by atoms with van der Waals surface area (Å²) in [6.45, 7) is 5.89. The predicted molar refractivity (Wildman–Crippen MR) is 74.2 cm³/mol. The summed E-state index contributed by atoms with van der Waals surface area (Å²) < 4.78 is 0. The average molecular weight is 259 g/mol. The van der Waals surface area contributed by atoms with Crippen LogP contribution in [0.15, 0.2) is 29.1 Å². The standard InChI is InChI=1S/C14H17N3O2/c1-4-14(2,3)15-13(19)11-9-7-5-6-8-10(9)12(18)17-16-11/h5-8H,4H2,1-3H3,(H,15,19)(H,17,18). The first-order chi connectivity index (χ1) is 8.94. The molecule has 100 valence electrons. The van der Waals surface area contributed by atoms with E-state index in [0.29, 0.717) is 10.8 Å². The van der Waals surface area contributed by atoms with Crippen LogP contribution in [0, 0.1) is 0 Å². The molecule has 1 amide bonds. The van der Waals surface area contributed by atoms with Crippen molar-refractivity contribution >= 4 is 16.7 Å². The molecule has 2 N–H and O–H groups in total. The van der Waals surface area contributed by atoms with Gasteiger partial charge in [-0.25, -0.2) is 5.10 Å². The quantitative estimate of drug-likeness (QED) is 0.883. The lowest BCUT2D eigenvalue weighted by molar-refractivity contribution is 0.0907. The van der Waals surface area contributed by atoms with Gasteiger partial charge in [-0.1, -0.05) is 25.1 Å². The first kappa shape index (κ1) is 13.3. The van der Waals surface area contributed by atoms with E-state index in [2.05, 4.69) is 15.5 Å². The summed E-state index contributed by atoms with van der Waals surface area (Å²) in [5.41, 5.74) is -0.352. The van der Waals surface area contributed by atoms with E-state index in [1.165, 1.54) is 0 Å². The van der Waals surface area contributed by atoms with Crippen LogP contribution >= 0.6 is 0 Å². The van der Waals surface area contributed by atoms with Gasteiger partial charge in [0.1, 0.15) is 0 Å². The van der Waals surface area contributed by atoms with Gasteiger partial charge < -0.3 is 5.32 Å². The monoisotopic (exact) mass is 259 g/mol. The van der Waals surface area contributed by atoms with Crippen LogP contribution in [0.4, 0.5) is 0 Å². The number of benzene rings is 1. The van der Waals surface area contributed by atoms with Crippen LogP contribution in [-0.2, 0) is 0 Å². The van der Waals surface area contributed by atoms with E-state index in [1.807, 2.05) is 20.8 Å². The molecule has 1 aromatic heterocycles. The van der Waals surface area contributed by atoms with Gasteiger partial charge in [-0.05, 0) is 26.3 Å². The van der Waals surface area contributed by atoms with Crippen molar-refractivity contribution in [3.8, 4) is 0 Å². The first-order valence-corrected chi connectivity index (χ1v) is 6.24. The molecule has 0 atom stereocenters. The molecule has 0 aliphatic heterocycles. The van der Waals surface area contributed by atoms with Gasteiger partial charge in [-0.3, -0.25) is 9.59 Å². The number of amides is 1. The summed E-state index contributed by atoms with van der Waals surface area (Å²) in [5.74, 6) is -0.278. The predicted octanol–water partition coefficient (Wildman–Crippen LogP) is 1.84. The summed E-state index contributed by atoms with van der Waals surface area (Å²) in [7, 11) is 0. The number of carbonyl (C=O) groups is 1. The van der Waals surface area contributed by atoms with Gasteiger partial charge in [0.15, 0.2) is 5.69 Å². The summed E-state index contributed by atoms with van der Waals surface area (Å²) >= 11 is 0. The highest BCUT2D eigenvalue weighted by Gasteiger charge is 2.21. The van der Waals surface area contributed by atoms with Crippen molar-refractivity contribution < 1.29 is 4.79 Å². The number of carbonyl (C=O) groups excluding carboxylic acids is 1. The van der Waals surface area contributed by atoms with Gasteiger partial charge in [0.25, 0.3) is 11.5 Å². The highest BCUT2D eigenvalue weighted by atomic mass is 16.2. The number of nitrogens with zero attached hydrogens (tertiary/aromatic N) is 1. The Bertz CT molecular complexity index is 674. The Balaban J connectivity index is 2.49. The highest BCUT2D eigenvalue weighted by Crippen LogP contribution is 2.14. The van der Waals surface area contributed by atoms with Gasteiger partial charge in [0.2, 0.25) is 0 Å². The topological polar surface area (TPSA) is 74.8 Å². The number of nitrogens with one attached hydrogen (secondary N) is 2. The molecule has 0 spiro atoms. The molecule has 0 saturated heterocycles. The molecule has 5 nitrogen and oxygen atoms in total. The Kier molecular flexibility index (Phi) is 3.38. The smallest absolute Gasteiger partial charge is 0.272 e. The third-order valence-corrected chi connectivity index (χ3v) is 3.25. The Morgan fingerprint density at radius 2 is 1.95 bits per heavy atom. The van der Waals surface area contributed by atoms with Crippen molar-refractivity contribution in [2.75, 3.05) is 0 Å². The second-order valence-electron chi connectivity index (χ2n) is 5.14. The molecule has 0 bridgehead atoms. The molecule has 19 heavy (non-hydrogen) atoms. The zero-order valence-corrected chi connectivity index (χ0v) is 11.3. The number of fused-ring (bicyclic) bond motifs is 1. The summed E-state index contributed by atoms with van der Waals surface area (Å²) in [6.07, 6.45) is 0.806. The number of H-pyrrole nitrogens is 1. The molecule has 0 saturated carbocycles. The SMILES string of the molecule is CCC(C)(C)NC(=O)c1n[nH]c(=O)c2ccccc12. The molecule has 5 heteroatoms. The molecule has 1 heterocycles. The highest BCUT2D eigenvalue weighted by molar-refractivity contribution is 6.04. The molecule has 2 rings (SSSR count). The van der Waals surface area contributed by atoms with Crippen molar-refractivity contribution in [3.05, 3.63) is 40.3 Å². The first-order valence-electron chi connectivity index (χ1n) is 6.24. The van der Waals surface area contributed by atoms with Crippen molar-refractivity contribution in [2.24, 2.45) is 0 Å². The van der Waals surface area contributed by atoms with Crippen LogP contribution in [0.2, 0.25) is 0 Å². The fourth-order valence-corrected chi connectivity index (χ4v) is 1.74. The molecule has 0 aliphatic rings. The number of aromatic nitrogens is 2. The van der Waals surface area contributed by atoms with Gasteiger partial charge in [-0.2, -0.15) is 5.10 Å². The molecular formula is C14H17N3O2. The fourth-order valence-electron chi connectivity index (χ4n) is 1.74. The minimum Gasteiger partial charge on any atom is -0.346 e. The van der Waals surface area contributed by atoms with Crippen molar-refractivity contribution in [1.82, 2.24) is 15.5 Å². The van der Waals surface area contributed by atoms with Crippen LogP contribution < -0.4 is 10.9 Å². The number of hydrogen-bond acceptors (Lipinski definition) is 3. The lowest BCUT2D eigenvalue weighted by atomic mass is 10.0. The Morgan fingerprint density at radius 1 is 1.32 bits per heavy atom. The van der Waals surface area contributed by atoms with Gasteiger partial charge in [-0.15, -0.1) is 0 Å². The largest absolute Gasteiger partial charge is 0.346 e. The molecule has 0 unspecified atom stereocenters. The summed E-state index contributed by atoms with van der Waals surface area (Å²) in [5, 5.41) is 10.2. The van der Waals surface area contributed by atoms with Crippen LogP contribution in [0.3, 0.4) is 0 Å². The third-order valence-electron chi connectivity index (χ3n) is 3.25. The van der Waals surface area contributed by atoms with E-state index in [0.717, 1.165) is 6.42 Å². The van der Waals surface area contributed by atoms with E-state index >= 15 is 0 Å². The second-order valence-corrected chi connectivity index (χ2v) is 5.14. The average Bonchev–Trinajstić information content (AvgIpc) is 2.39. The summed E-state index contributed by atoms with van der Waals surface area (Å²) in [6, 6.07) is 6.95. The third kappa shape index (κ3) is 2.65. The van der Waals surface area contributed by atoms with Crippen molar-refractivity contribution in [1.29, 1.82) is 0 Å². The van der Waals surface area contributed by atoms with E-state index in [4.69, 9.17) is 0 Å². The fraction of sp³-hybridized carbons (Fsp3) is 0.357. The minimum absolute atomic E-state index is 0.247. The van der Waals surface area contributed by atoms with Crippen LogP contribution in [0.1, 0.15) is 37.7 Å². The molecule has 0 aliphatic carbocycles. The van der Waals surface area contributed by atoms with Gasteiger partial charge in [0, 0.05) is 10.9 Å². The zero-order valence-electron chi connectivity index (χ0n) is 11.3. The van der Waals surface area contributed by atoms with Gasteiger partial charge in [0.05, 0.1) is 5.39 Å². The van der Waals surface area contributed by atoms with E-state index in [-0.39, 0.29) is 22.7 Å². The number of hydrogen-bond donors (Lipinski definition) is 2. The Labute approximate surface area is 111 Å². The number of rotatable bonds is 3. The maximum atomic E-state index is 12.2. The molecular weight excluding hydrogens is 242 g/mol. The minimum atomic E-state index is -0.310. The molecule has 1 aromatic carbocycles. The van der Waals surface area contributed by atoms with Crippen LogP contribution in [-0.4, -0.2) is 21.6 Å². The molecule has 2 aromatic rings. The normalized spacial score (nSPS) is 11.5. The Morgan fingerprint density at radius 3 is 2.58 bits per heavy atom. The van der Waals surface area contributed by atoms with Gasteiger partial charge >= 0.3 is 0 Å². The van der Waals surface area contributed by atoms with Crippen LogP contribution in [0.25, 0.3) is 10.8 Å². The number of aromatic amines is 1. The summed E-state index contributed by atoms with van der Waals surface area (Å²) in [4.78, 5) is 23.9. The van der Waals surface area contributed by atoms with Crippen LogP contribution in [0.5, 0.6) is 0 Å². The van der Waals surface area contributed by atoms with E-state index < -0.39 is 0 Å². The lowest BCUT2D eigenvalue weighted by Gasteiger charge is -2.24. The van der Waals surface area contributed by atoms with E-state index in [1.54, 1.807) is 24.3 Å². The van der Waals surface area contributed by atoms with Crippen molar-refractivity contribution in [2.45, 2.75) is 32.7 Å². The maximum absolute atomic E-state index is 12.2. The second kappa shape index (κ2) is 4.84. The zero-order chi connectivity index (χ0) is 14.0. The molecule has 0 radical (unpaired) electrons. The molecule has 0 fully saturated rings. The van der Waals surface area contributed by atoms with E-state index in [9.17, 15) is 9.59 Å². The lowest BCUT2D eigenvalue weighted by Crippen LogP contribution is -2.43. The Hall–Kier alpha value is -2.17. The van der Waals surface area contributed by atoms with Crippen molar-refractivity contribution in [3.63, 3.8) is 0 Å².